The van der Waals surface area contributed by atoms with E-state index in [4.69, 9.17) is 9.47 Å². The highest BCUT2D eigenvalue weighted by Gasteiger charge is 2.57. The maximum Gasteiger partial charge on any atom is 0.339 e. The number of nitrogens with zero attached hydrogens (tertiary/aromatic N) is 1. The standard InChI is InChI=1S/C31H24BrNO10/c1-42-22-8-13(34)9-23(43-2)27(22)26-14-5-6-16-24(17(14)10-18-25(26)21(36)11-19(32)28(18)37)30(39)33(29(16)38)12-3-4-15(31(40)41)20(35)7-12/h3-5,7-9,11,16-17,24,26,34-35H,6,10H2,1-2H3,(H,40,41)/t16-,17+,24-,26-/m0/s1. The summed E-state index contributed by atoms with van der Waals surface area (Å²) in [5.41, 5.74) is 1.08. The van der Waals surface area contributed by atoms with Gasteiger partial charge in [0.25, 0.3) is 0 Å². The Kier molecular flexibility index (Phi) is 6.76. The number of amides is 2. The SMILES string of the molecule is COc1cc(O)cc(OC)c1[C@H]1C2=CC[C@@H]3C(=O)N(c4ccc(C(=O)O)c(O)c4)C(=O)[C@@H]3[C@@H]2CC2=C1C(=O)C=C(Br)C2=O. The number of anilines is 1. The van der Waals surface area contributed by atoms with E-state index in [2.05, 4.69) is 15.9 Å². The zero-order valence-electron chi connectivity index (χ0n) is 22.8. The van der Waals surface area contributed by atoms with E-state index in [0.717, 1.165) is 17.0 Å². The zero-order valence-corrected chi connectivity index (χ0v) is 24.4. The second kappa shape index (κ2) is 10.2. The van der Waals surface area contributed by atoms with E-state index in [-0.39, 0.29) is 57.0 Å². The number of ketones is 2. The van der Waals surface area contributed by atoms with Crippen molar-refractivity contribution in [2.24, 2.45) is 17.8 Å². The maximum atomic E-state index is 14.0. The van der Waals surface area contributed by atoms with E-state index in [9.17, 15) is 39.3 Å². The molecule has 2 aromatic carbocycles. The van der Waals surface area contributed by atoms with Crippen molar-refractivity contribution in [1.29, 1.82) is 0 Å². The topological polar surface area (TPSA) is 168 Å². The van der Waals surface area contributed by atoms with Crippen LogP contribution in [0.25, 0.3) is 0 Å². The third kappa shape index (κ3) is 4.19. The lowest BCUT2D eigenvalue weighted by molar-refractivity contribution is -0.123. The van der Waals surface area contributed by atoms with Crippen LogP contribution >= 0.6 is 15.9 Å². The molecule has 6 rings (SSSR count). The van der Waals surface area contributed by atoms with E-state index in [0.29, 0.717) is 11.1 Å². The molecule has 0 radical (unpaired) electrons. The Balaban J connectivity index is 1.51. The summed E-state index contributed by atoms with van der Waals surface area (Å²) in [4.78, 5) is 67.0. The van der Waals surface area contributed by atoms with Gasteiger partial charge in [-0.3, -0.25) is 19.2 Å². The summed E-state index contributed by atoms with van der Waals surface area (Å²) in [6.07, 6.45) is 3.20. The molecule has 0 saturated carbocycles. The van der Waals surface area contributed by atoms with Crippen molar-refractivity contribution < 1.29 is 48.8 Å². The minimum absolute atomic E-state index is 0.0190. The number of aromatic carboxylic acids is 1. The number of carboxylic acids is 1. The van der Waals surface area contributed by atoms with Crippen molar-refractivity contribution >= 4 is 51.0 Å². The number of ether oxygens (including phenoxy) is 2. The first-order chi connectivity index (χ1) is 20.5. The molecule has 4 aliphatic rings. The second-order valence-electron chi connectivity index (χ2n) is 10.7. The summed E-state index contributed by atoms with van der Waals surface area (Å²) in [6, 6.07) is 6.20. The second-order valence-corrected chi connectivity index (χ2v) is 11.5. The van der Waals surface area contributed by atoms with Crippen molar-refractivity contribution in [2.75, 3.05) is 19.1 Å². The third-order valence-corrected chi connectivity index (χ3v) is 9.21. The monoisotopic (exact) mass is 649 g/mol. The maximum absolute atomic E-state index is 14.0. The fraction of sp³-hybridized carbons (Fsp3) is 0.258. The highest BCUT2D eigenvalue weighted by molar-refractivity contribution is 9.12. The molecule has 3 N–H and O–H groups in total. The van der Waals surface area contributed by atoms with Gasteiger partial charge in [0.2, 0.25) is 11.8 Å². The van der Waals surface area contributed by atoms with Crippen LogP contribution < -0.4 is 14.4 Å². The molecular formula is C31H24BrNO10. The molecule has 11 nitrogen and oxygen atoms in total. The number of fused-ring (bicyclic) bond motifs is 3. The zero-order chi connectivity index (χ0) is 30.9. The molecule has 1 saturated heterocycles. The van der Waals surface area contributed by atoms with Crippen molar-refractivity contribution in [3.63, 3.8) is 0 Å². The lowest BCUT2D eigenvalue weighted by Gasteiger charge is -2.42. The number of rotatable bonds is 5. The van der Waals surface area contributed by atoms with Crippen LogP contribution in [0.15, 0.2) is 63.7 Å². The van der Waals surface area contributed by atoms with Gasteiger partial charge in [-0.25, -0.2) is 9.69 Å². The van der Waals surface area contributed by atoms with Crippen LogP contribution in [0.5, 0.6) is 23.0 Å². The minimum atomic E-state index is -1.37. The van der Waals surface area contributed by atoms with Crippen LogP contribution in [0.4, 0.5) is 5.69 Å². The number of Topliss-reactive ketones (excluding diaryl/α,β-unsaturated/α-hetero) is 1. The van der Waals surface area contributed by atoms with Gasteiger partial charge in [0.15, 0.2) is 11.6 Å². The van der Waals surface area contributed by atoms with E-state index in [1.165, 1.54) is 38.5 Å². The molecule has 1 aliphatic heterocycles. The number of halogens is 1. The molecule has 2 aromatic rings. The van der Waals surface area contributed by atoms with Crippen LogP contribution in [0.3, 0.4) is 0 Å². The largest absolute Gasteiger partial charge is 0.508 e. The number of hydrogen-bond donors (Lipinski definition) is 3. The van der Waals surface area contributed by atoms with Crippen molar-refractivity contribution in [3.8, 4) is 23.0 Å². The first-order valence-electron chi connectivity index (χ1n) is 13.3. The molecule has 2 amide bonds. The first-order valence-corrected chi connectivity index (χ1v) is 14.1. The number of phenolic OH excluding ortho intramolecular Hbond substituents is 1. The number of phenols is 2. The summed E-state index contributed by atoms with van der Waals surface area (Å²) in [5, 5.41) is 29.8. The van der Waals surface area contributed by atoms with Crippen molar-refractivity contribution in [2.45, 2.75) is 18.8 Å². The van der Waals surface area contributed by atoms with Crippen LogP contribution in [0.1, 0.15) is 34.7 Å². The smallest absolute Gasteiger partial charge is 0.339 e. The number of allylic oxidation sites excluding steroid dienone is 6. The fourth-order valence-electron chi connectivity index (χ4n) is 6.84. The average Bonchev–Trinajstić information content (AvgIpc) is 3.23. The highest BCUT2D eigenvalue weighted by atomic mass is 79.9. The molecule has 0 spiro atoms. The number of methoxy groups -OCH3 is 2. The van der Waals surface area contributed by atoms with Gasteiger partial charge >= 0.3 is 5.97 Å². The Labute approximate surface area is 252 Å². The van der Waals surface area contributed by atoms with Crippen LogP contribution in [0.2, 0.25) is 0 Å². The molecule has 1 fully saturated rings. The fourth-order valence-corrected chi connectivity index (χ4v) is 7.29. The molecule has 43 heavy (non-hydrogen) atoms. The summed E-state index contributed by atoms with van der Waals surface area (Å²) in [7, 11) is 2.79. The van der Waals surface area contributed by atoms with Gasteiger partial charge in [-0.1, -0.05) is 11.6 Å². The van der Waals surface area contributed by atoms with Gasteiger partial charge < -0.3 is 24.8 Å². The lowest BCUT2D eigenvalue weighted by atomic mass is 9.59. The van der Waals surface area contributed by atoms with Crippen LogP contribution in [-0.2, 0) is 19.2 Å². The summed E-state index contributed by atoms with van der Waals surface area (Å²) >= 11 is 3.19. The van der Waals surface area contributed by atoms with E-state index in [1.807, 2.05) is 6.08 Å². The Bertz CT molecular complexity index is 1740. The highest BCUT2D eigenvalue weighted by Crippen LogP contribution is 2.58. The number of hydrogen-bond acceptors (Lipinski definition) is 9. The van der Waals surface area contributed by atoms with Crippen molar-refractivity contribution in [1.82, 2.24) is 0 Å². The number of carbonyl (C=O) groups excluding carboxylic acids is 4. The molecular weight excluding hydrogens is 626 g/mol. The van der Waals surface area contributed by atoms with Gasteiger partial charge in [-0.15, -0.1) is 0 Å². The lowest BCUT2D eigenvalue weighted by Crippen LogP contribution is -2.39. The summed E-state index contributed by atoms with van der Waals surface area (Å²) in [6.45, 7) is 0. The molecule has 0 aromatic heterocycles. The van der Waals surface area contributed by atoms with Gasteiger partial charge in [-0.2, -0.15) is 0 Å². The number of aromatic hydroxyl groups is 2. The molecule has 0 unspecified atom stereocenters. The third-order valence-electron chi connectivity index (χ3n) is 8.62. The minimum Gasteiger partial charge on any atom is -0.508 e. The summed E-state index contributed by atoms with van der Waals surface area (Å²) in [5.74, 6) is -6.86. The molecule has 1 heterocycles. The Morgan fingerprint density at radius 1 is 0.977 bits per heavy atom. The Morgan fingerprint density at radius 3 is 2.26 bits per heavy atom. The predicted octanol–water partition coefficient (Wildman–Crippen LogP) is 3.78. The van der Waals surface area contributed by atoms with Gasteiger partial charge in [0.1, 0.15) is 28.6 Å². The Morgan fingerprint density at radius 2 is 1.65 bits per heavy atom. The van der Waals surface area contributed by atoms with Gasteiger partial charge in [0, 0.05) is 46.9 Å². The number of carboxylic acid groups (broad SMARTS) is 1. The normalized spacial score (nSPS) is 24.7. The molecule has 220 valence electrons. The first kappa shape index (κ1) is 28.4. The quantitative estimate of drug-likeness (QED) is 0.246. The molecule has 4 atom stereocenters. The number of benzene rings is 2. The van der Waals surface area contributed by atoms with E-state index >= 15 is 0 Å². The van der Waals surface area contributed by atoms with Crippen molar-refractivity contribution in [3.05, 3.63) is 74.8 Å². The van der Waals surface area contributed by atoms with E-state index in [1.54, 1.807) is 0 Å². The van der Waals surface area contributed by atoms with Gasteiger partial charge in [0.05, 0.1) is 36.2 Å². The molecule has 0 bridgehead atoms. The van der Waals surface area contributed by atoms with Crippen LogP contribution in [-0.4, -0.2) is 58.9 Å². The summed E-state index contributed by atoms with van der Waals surface area (Å²) < 4.78 is 11.3. The van der Waals surface area contributed by atoms with E-state index < -0.39 is 58.8 Å². The average molecular weight is 650 g/mol. The van der Waals surface area contributed by atoms with Crippen LogP contribution in [0, 0.1) is 17.8 Å². The molecule has 12 heteroatoms. The molecule has 3 aliphatic carbocycles. The van der Waals surface area contributed by atoms with Gasteiger partial charge in [-0.05, 0) is 46.8 Å². The number of imide groups is 1. The number of carbonyl (C=O) groups is 5. The predicted molar refractivity (Wildman–Crippen MR) is 153 cm³/mol. The Hall–Kier alpha value is -4.71.